The summed E-state index contributed by atoms with van der Waals surface area (Å²) in [5.74, 6) is -1.34. The van der Waals surface area contributed by atoms with E-state index < -0.39 is 29.0 Å². The molecule has 1 nitrogen and oxygen atoms in total. The van der Waals surface area contributed by atoms with Gasteiger partial charge in [-0.05, 0) is 28.1 Å². The van der Waals surface area contributed by atoms with Gasteiger partial charge in [0.15, 0.2) is 5.78 Å². The van der Waals surface area contributed by atoms with Gasteiger partial charge in [-0.25, -0.2) is 0 Å². The zero-order chi connectivity index (χ0) is 12.5. The Hall–Kier alpha value is -0.260. The van der Waals surface area contributed by atoms with Crippen molar-refractivity contribution in [3.05, 3.63) is 32.8 Å². The molecule has 0 atom stereocenters. The fourth-order valence-corrected chi connectivity index (χ4v) is 1.74. The van der Waals surface area contributed by atoms with Crippen LogP contribution in [0.4, 0.5) is 13.2 Å². The molecular formula is C9H4BrCl2F3O. The van der Waals surface area contributed by atoms with Crippen LogP contribution in [0.1, 0.15) is 15.9 Å². The number of rotatable bonds is 2. The number of carbonyl (C=O) groups is 1. The normalized spacial score (nSPS) is 11.6. The molecule has 0 bridgehead atoms. The molecule has 0 amide bonds. The summed E-state index contributed by atoms with van der Waals surface area (Å²) in [4.78, 5) is 11.2. The Morgan fingerprint density at radius 2 is 1.94 bits per heavy atom. The highest BCUT2D eigenvalue weighted by atomic mass is 79.9. The third-order valence-electron chi connectivity index (χ3n) is 1.79. The largest absolute Gasteiger partial charge is 0.417 e. The van der Waals surface area contributed by atoms with E-state index in [0.29, 0.717) is 0 Å². The summed E-state index contributed by atoms with van der Waals surface area (Å²) in [5.41, 5.74) is -1.56. The molecule has 0 unspecified atom stereocenters. The van der Waals surface area contributed by atoms with Crippen molar-refractivity contribution in [1.82, 2.24) is 0 Å². The first-order chi connectivity index (χ1) is 7.27. The zero-order valence-corrected chi connectivity index (χ0v) is 10.6. The van der Waals surface area contributed by atoms with E-state index in [2.05, 4.69) is 15.9 Å². The second kappa shape index (κ2) is 4.94. The van der Waals surface area contributed by atoms with Gasteiger partial charge in [0.25, 0.3) is 0 Å². The maximum atomic E-state index is 12.6. The summed E-state index contributed by atoms with van der Waals surface area (Å²) in [7, 11) is 0. The SMILES string of the molecule is O=C(CCl)c1cc(Cl)c(Br)cc1C(F)(F)F. The Balaban J connectivity index is 3.45. The van der Waals surface area contributed by atoms with Crippen LogP contribution in [0.3, 0.4) is 0 Å². The van der Waals surface area contributed by atoms with Crippen molar-refractivity contribution in [3.8, 4) is 0 Å². The molecule has 0 saturated carbocycles. The Kier molecular flexibility index (Phi) is 4.26. The molecule has 88 valence electrons. The maximum Gasteiger partial charge on any atom is 0.417 e. The number of hydrogen-bond donors (Lipinski definition) is 0. The first kappa shape index (κ1) is 13.8. The van der Waals surface area contributed by atoms with Crippen molar-refractivity contribution in [2.75, 3.05) is 5.88 Å². The summed E-state index contributed by atoms with van der Waals surface area (Å²) in [6.07, 6.45) is -4.62. The van der Waals surface area contributed by atoms with E-state index in [1.54, 1.807) is 0 Å². The predicted molar refractivity (Wildman–Crippen MR) is 59.2 cm³/mol. The molecule has 0 fully saturated rings. The van der Waals surface area contributed by atoms with Crippen molar-refractivity contribution in [3.63, 3.8) is 0 Å². The van der Waals surface area contributed by atoms with Gasteiger partial charge < -0.3 is 0 Å². The first-order valence-electron chi connectivity index (χ1n) is 3.92. The first-order valence-corrected chi connectivity index (χ1v) is 5.63. The van der Waals surface area contributed by atoms with Crippen LogP contribution in [-0.2, 0) is 6.18 Å². The average molecular weight is 336 g/mol. The average Bonchev–Trinajstić information content (AvgIpc) is 2.18. The highest BCUT2D eigenvalue weighted by Gasteiger charge is 2.35. The summed E-state index contributed by atoms with van der Waals surface area (Å²) >= 11 is 13.7. The van der Waals surface area contributed by atoms with Crippen LogP contribution in [-0.4, -0.2) is 11.7 Å². The molecule has 16 heavy (non-hydrogen) atoms. The lowest BCUT2D eigenvalue weighted by atomic mass is 10.0. The fourth-order valence-electron chi connectivity index (χ4n) is 1.08. The van der Waals surface area contributed by atoms with Crippen molar-refractivity contribution >= 4 is 44.9 Å². The Bertz CT molecular complexity index is 431. The Morgan fingerprint density at radius 1 is 1.38 bits per heavy atom. The molecule has 1 aromatic rings. The molecule has 0 radical (unpaired) electrons. The zero-order valence-electron chi connectivity index (χ0n) is 7.54. The maximum absolute atomic E-state index is 12.6. The minimum absolute atomic E-state index is 0.0291. The number of halogens is 6. The van der Waals surface area contributed by atoms with E-state index in [9.17, 15) is 18.0 Å². The van der Waals surface area contributed by atoms with Crippen LogP contribution in [0.2, 0.25) is 5.02 Å². The van der Waals surface area contributed by atoms with Gasteiger partial charge in [0.05, 0.1) is 16.5 Å². The Morgan fingerprint density at radius 3 is 2.38 bits per heavy atom. The number of ketones is 1. The van der Waals surface area contributed by atoms with E-state index in [-0.39, 0.29) is 9.50 Å². The van der Waals surface area contributed by atoms with Crippen molar-refractivity contribution in [1.29, 1.82) is 0 Å². The minimum Gasteiger partial charge on any atom is -0.293 e. The molecule has 1 rings (SSSR count). The second-order valence-corrected chi connectivity index (χ2v) is 4.40. The van der Waals surface area contributed by atoms with Crippen LogP contribution >= 0.6 is 39.1 Å². The highest BCUT2D eigenvalue weighted by Crippen LogP contribution is 2.37. The summed E-state index contributed by atoms with van der Waals surface area (Å²) in [5, 5.41) is 0.0291. The van der Waals surface area contributed by atoms with E-state index in [4.69, 9.17) is 23.2 Å². The summed E-state index contributed by atoms with van der Waals surface area (Å²) < 4.78 is 37.9. The standard InChI is InChI=1S/C9H4BrCl2F3O/c10-6-2-5(9(13,14)15)4(1-7(6)12)8(16)3-11/h1-2H,3H2. The van der Waals surface area contributed by atoms with Gasteiger partial charge in [-0.1, -0.05) is 11.6 Å². The number of Topliss-reactive ketones (excluding diaryl/α,β-unsaturated/α-hetero) is 1. The molecule has 0 aliphatic heterocycles. The lowest BCUT2D eigenvalue weighted by Crippen LogP contribution is -2.14. The van der Waals surface area contributed by atoms with Gasteiger partial charge in [-0.15, -0.1) is 11.6 Å². The predicted octanol–water partition coefficient (Wildman–Crippen LogP) is 4.54. The van der Waals surface area contributed by atoms with Crippen LogP contribution < -0.4 is 0 Å². The second-order valence-electron chi connectivity index (χ2n) is 2.87. The van der Waals surface area contributed by atoms with E-state index in [0.717, 1.165) is 12.1 Å². The molecule has 0 heterocycles. The fraction of sp³-hybridized carbons (Fsp3) is 0.222. The van der Waals surface area contributed by atoms with Gasteiger partial charge in [0.1, 0.15) is 0 Å². The number of carbonyl (C=O) groups excluding carboxylic acids is 1. The third-order valence-corrected chi connectivity index (χ3v) is 3.23. The van der Waals surface area contributed by atoms with E-state index >= 15 is 0 Å². The molecule has 7 heteroatoms. The molecular weight excluding hydrogens is 332 g/mol. The molecule has 0 aromatic heterocycles. The van der Waals surface area contributed by atoms with Crippen LogP contribution in [0.25, 0.3) is 0 Å². The molecule has 0 saturated heterocycles. The lowest BCUT2D eigenvalue weighted by molar-refractivity contribution is -0.137. The molecule has 0 aliphatic carbocycles. The Labute approximate surface area is 108 Å². The van der Waals surface area contributed by atoms with Crippen molar-refractivity contribution in [2.45, 2.75) is 6.18 Å². The number of hydrogen-bond acceptors (Lipinski definition) is 1. The molecule has 1 aromatic carbocycles. The third kappa shape index (κ3) is 2.90. The molecule has 0 spiro atoms. The van der Waals surface area contributed by atoms with Crippen LogP contribution in [0.5, 0.6) is 0 Å². The van der Waals surface area contributed by atoms with Gasteiger partial charge in [-0.3, -0.25) is 4.79 Å². The number of alkyl halides is 4. The quantitative estimate of drug-likeness (QED) is 0.572. The lowest BCUT2D eigenvalue weighted by Gasteiger charge is -2.12. The summed E-state index contributed by atoms with van der Waals surface area (Å²) in [6.45, 7) is 0. The topological polar surface area (TPSA) is 17.1 Å². The highest BCUT2D eigenvalue weighted by molar-refractivity contribution is 9.10. The van der Waals surface area contributed by atoms with Crippen molar-refractivity contribution in [2.24, 2.45) is 0 Å². The summed E-state index contributed by atoms with van der Waals surface area (Å²) in [6, 6.07) is 1.72. The monoisotopic (exact) mass is 334 g/mol. The smallest absolute Gasteiger partial charge is 0.293 e. The molecule has 0 aliphatic rings. The van der Waals surface area contributed by atoms with Gasteiger partial charge in [0.2, 0.25) is 0 Å². The van der Waals surface area contributed by atoms with E-state index in [1.165, 1.54) is 0 Å². The van der Waals surface area contributed by atoms with Gasteiger partial charge >= 0.3 is 6.18 Å². The van der Waals surface area contributed by atoms with Gasteiger partial charge in [0, 0.05) is 10.0 Å². The van der Waals surface area contributed by atoms with Crippen LogP contribution in [0.15, 0.2) is 16.6 Å². The molecule has 0 N–H and O–H groups in total. The number of benzene rings is 1. The van der Waals surface area contributed by atoms with Crippen molar-refractivity contribution < 1.29 is 18.0 Å². The van der Waals surface area contributed by atoms with Gasteiger partial charge in [-0.2, -0.15) is 13.2 Å². The van der Waals surface area contributed by atoms with E-state index in [1.807, 2.05) is 0 Å². The van der Waals surface area contributed by atoms with Crippen LogP contribution in [0, 0.1) is 0 Å². The minimum atomic E-state index is -4.62.